The van der Waals surface area contributed by atoms with Gasteiger partial charge in [0.2, 0.25) is 5.91 Å². The first kappa shape index (κ1) is 16.5. The van der Waals surface area contributed by atoms with Crippen LogP contribution in [0.2, 0.25) is 0 Å². The smallest absolute Gasteiger partial charge is 0.223 e. The van der Waals surface area contributed by atoms with Crippen LogP contribution >= 0.6 is 0 Å². The molecule has 1 atom stereocenters. The number of hydrogen-bond acceptors (Lipinski definition) is 3. The van der Waals surface area contributed by atoms with Crippen molar-refractivity contribution in [3.05, 3.63) is 35.4 Å². The summed E-state index contributed by atoms with van der Waals surface area (Å²) in [4.78, 5) is 16.9. The maximum absolute atomic E-state index is 12.3. The van der Waals surface area contributed by atoms with Gasteiger partial charge in [-0.2, -0.15) is 0 Å². The lowest BCUT2D eigenvalue weighted by atomic mass is 10.0. The third kappa shape index (κ3) is 4.55. The van der Waals surface area contributed by atoms with Crippen LogP contribution in [0.1, 0.15) is 30.4 Å². The molecule has 126 valence electrons. The van der Waals surface area contributed by atoms with Crippen LogP contribution in [0.4, 0.5) is 0 Å². The van der Waals surface area contributed by atoms with E-state index in [-0.39, 0.29) is 0 Å². The first-order chi connectivity index (χ1) is 11.2. The number of nitrogens with zero attached hydrogens (tertiary/aromatic N) is 2. The van der Waals surface area contributed by atoms with Crippen molar-refractivity contribution in [1.29, 1.82) is 0 Å². The third-order valence-electron chi connectivity index (χ3n) is 5.17. The second kappa shape index (κ2) is 7.93. The topological polar surface area (TPSA) is 35.6 Å². The summed E-state index contributed by atoms with van der Waals surface area (Å²) < 4.78 is 0. The molecular formula is C19H29N3O. The molecule has 0 aliphatic carbocycles. The molecule has 4 heteroatoms. The minimum absolute atomic E-state index is 0.326. The summed E-state index contributed by atoms with van der Waals surface area (Å²) in [6.45, 7) is 7.80. The summed E-state index contributed by atoms with van der Waals surface area (Å²) in [7, 11) is 0. The zero-order valence-corrected chi connectivity index (χ0v) is 14.3. The average molecular weight is 315 g/mol. The first-order valence-corrected chi connectivity index (χ1v) is 9.00. The molecule has 0 saturated carbocycles. The molecule has 0 spiro atoms. The van der Waals surface area contributed by atoms with Crippen molar-refractivity contribution in [3.8, 4) is 0 Å². The molecule has 2 heterocycles. The molecule has 23 heavy (non-hydrogen) atoms. The van der Waals surface area contributed by atoms with E-state index in [0.717, 1.165) is 45.7 Å². The molecule has 0 radical (unpaired) electrons. The van der Waals surface area contributed by atoms with Gasteiger partial charge in [-0.25, -0.2) is 0 Å². The van der Waals surface area contributed by atoms with Crippen LogP contribution in [0.5, 0.6) is 0 Å². The summed E-state index contributed by atoms with van der Waals surface area (Å²) in [5.74, 6) is 0.326. The van der Waals surface area contributed by atoms with Gasteiger partial charge in [-0.05, 0) is 38.3 Å². The van der Waals surface area contributed by atoms with Gasteiger partial charge in [-0.1, -0.05) is 29.8 Å². The Labute approximate surface area is 139 Å². The molecule has 1 unspecified atom stereocenters. The van der Waals surface area contributed by atoms with Gasteiger partial charge in [-0.3, -0.25) is 9.69 Å². The molecule has 4 nitrogen and oxygen atoms in total. The zero-order chi connectivity index (χ0) is 16.1. The molecular weight excluding hydrogens is 286 g/mol. The maximum atomic E-state index is 12.3. The van der Waals surface area contributed by atoms with E-state index in [1.54, 1.807) is 0 Å². The first-order valence-electron chi connectivity index (χ1n) is 9.00. The second-order valence-corrected chi connectivity index (χ2v) is 6.90. The van der Waals surface area contributed by atoms with Gasteiger partial charge in [0, 0.05) is 45.2 Å². The summed E-state index contributed by atoms with van der Waals surface area (Å²) in [6, 6.07) is 9.49. The van der Waals surface area contributed by atoms with E-state index in [2.05, 4.69) is 41.4 Å². The van der Waals surface area contributed by atoms with Crippen molar-refractivity contribution >= 4 is 5.91 Å². The van der Waals surface area contributed by atoms with Gasteiger partial charge >= 0.3 is 0 Å². The number of benzene rings is 1. The lowest BCUT2D eigenvalue weighted by molar-refractivity contribution is -0.132. The van der Waals surface area contributed by atoms with E-state index in [1.165, 1.54) is 24.0 Å². The summed E-state index contributed by atoms with van der Waals surface area (Å²) in [6.07, 6.45) is 4.31. The average Bonchev–Trinajstić information content (AvgIpc) is 3.02. The molecule has 2 fully saturated rings. The number of amides is 1. The number of piperazine rings is 1. The summed E-state index contributed by atoms with van der Waals surface area (Å²) >= 11 is 0. The normalized spacial score (nSPS) is 22.5. The Hall–Kier alpha value is -1.39. The van der Waals surface area contributed by atoms with Gasteiger partial charge in [0.15, 0.2) is 0 Å². The molecule has 3 rings (SSSR count). The highest BCUT2D eigenvalue weighted by Gasteiger charge is 2.26. The Bertz CT molecular complexity index is 508. The van der Waals surface area contributed by atoms with Gasteiger partial charge in [0.05, 0.1) is 0 Å². The molecule has 1 aromatic carbocycles. The van der Waals surface area contributed by atoms with Crippen LogP contribution in [-0.4, -0.2) is 61.0 Å². The van der Waals surface area contributed by atoms with E-state index in [4.69, 9.17) is 0 Å². The van der Waals surface area contributed by atoms with Gasteiger partial charge < -0.3 is 10.2 Å². The predicted octanol–water partition coefficient (Wildman–Crippen LogP) is 1.82. The molecule has 0 aromatic heterocycles. The Kier molecular flexibility index (Phi) is 5.68. The highest BCUT2D eigenvalue weighted by molar-refractivity contribution is 5.76. The minimum Gasteiger partial charge on any atom is -0.340 e. The number of rotatable bonds is 5. The standard InChI is InChI=1S/C19H29N3O/c1-16-4-6-17(7-5-16)15-18-3-2-11-21(18)12-8-19(23)22-13-9-20-10-14-22/h4-7,18,20H,2-3,8-15H2,1H3. The van der Waals surface area contributed by atoms with Crippen LogP contribution in [0.25, 0.3) is 0 Å². The van der Waals surface area contributed by atoms with E-state index in [0.29, 0.717) is 18.4 Å². The van der Waals surface area contributed by atoms with Crippen molar-refractivity contribution in [2.75, 3.05) is 39.3 Å². The van der Waals surface area contributed by atoms with Crippen LogP contribution in [0.3, 0.4) is 0 Å². The van der Waals surface area contributed by atoms with E-state index < -0.39 is 0 Å². The fourth-order valence-corrected chi connectivity index (χ4v) is 3.73. The van der Waals surface area contributed by atoms with Crippen molar-refractivity contribution < 1.29 is 4.79 Å². The van der Waals surface area contributed by atoms with E-state index in [1.807, 2.05) is 4.90 Å². The number of nitrogens with one attached hydrogen (secondary N) is 1. The van der Waals surface area contributed by atoms with Gasteiger partial charge in [0.25, 0.3) is 0 Å². The zero-order valence-electron chi connectivity index (χ0n) is 14.3. The lowest BCUT2D eigenvalue weighted by Gasteiger charge is -2.29. The molecule has 0 bridgehead atoms. The van der Waals surface area contributed by atoms with Crippen molar-refractivity contribution in [1.82, 2.24) is 15.1 Å². The van der Waals surface area contributed by atoms with Crippen LogP contribution in [0.15, 0.2) is 24.3 Å². The quantitative estimate of drug-likeness (QED) is 0.900. The number of carbonyl (C=O) groups is 1. The summed E-state index contributed by atoms with van der Waals surface area (Å²) in [5, 5.41) is 3.30. The molecule has 2 aliphatic rings. The second-order valence-electron chi connectivity index (χ2n) is 6.90. The number of aryl methyl sites for hydroxylation is 1. The third-order valence-corrected chi connectivity index (χ3v) is 5.17. The number of hydrogen-bond donors (Lipinski definition) is 1. The van der Waals surface area contributed by atoms with Crippen molar-refractivity contribution in [2.24, 2.45) is 0 Å². The van der Waals surface area contributed by atoms with Gasteiger partial charge in [-0.15, -0.1) is 0 Å². The van der Waals surface area contributed by atoms with Crippen LogP contribution < -0.4 is 5.32 Å². The van der Waals surface area contributed by atoms with Crippen molar-refractivity contribution in [3.63, 3.8) is 0 Å². The number of likely N-dealkylation sites (tertiary alicyclic amines) is 1. The highest BCUT2D eigenvalue weighted by atomic mass is 16.2. The van der Waals surface area contributed by atoms with Crippen LogP contribution in [-0.2, 0) is 11.2 Å². The molecule has 1 aromatic rings. The lowest BCUT2D eigenvalue weighted by Crippen LogP contribution is -2.47. The fourth-order valence-electron chi connectivity index (χ4n) is 3.73. The van der Waals surface area contributed by atoms with Gasteiger partial charge in [0.1, 0.15) is 0 Å². The SMILES string of the molecule is Cc1ccc(CC2CCCN2CCC(=O)N2CCNCC2)cc1. The monoisotopic (exact) mass is 315 g/mol. The van der Waals surface area contributed by atoms with Crippen LogP contribution in [0, 0.1) is 6.92 Å². The van der Waals surface area contributed by atoms with E-state index >= 15 is 0 Å². The highest BCUT2D eigenvalue weighted by Crippen LogP contribution is 2.21. The largest absolute Gasteiger partial charge is 0.340 e. The van der Waals surface area contributed by atoms with E-state index in [9.17, 15) is 4.79 Å². The molecule has 2 aliphatic heterocycles. The maximum Gasteiger partial charge on any atom is 0.223 e. The van der Waals surface area contributed by atoms with Crippen molar-refractivity contribution in [2.45, 2.75) is 38.6 Å². The molecule has 1 amide bonds. The predicted molar refractivity (Wildman–Crippen MR) is 93.5 cm³/mol. The fraction of sp³-hybridized carbons (Fsp3) is 0.632. The summed E-state index contributed by atoms with van der Waals surface area (Å²) in [5.41, 5.74) is 2.74. The Balaban J connectivity index is 1.48. The molecule has 2 saturated heterocycles. The Morgan fingerprint density at radius 3 is 2.65 bits per heavy atom. The Morgan fingerprint density at radius 1 is 1.17 bits per heavy atom. The number of carbonyl (C=O) groups excluding carboxylic acids is 1. The molecule has 1 N–H and O–H groups in total. The Morgan fingerprint density at radius 2 is 1.91 bits per heavy atom. The minimum atomic E-state index is 0.326.